The number of ether oxygens (including phenoxy) is 1. The predicted molar refractivity (Wildman–Crippen MR) is 132 cm³/mol. The highest BCUT2D eigenvalue weighted by atomic mass is 32.2. The molecule has 0 heterocycles. The van der Waals surface area contributed by atoms with Gasteiger partial charge in [0.1, 0.15) is 33.4 Å². The molecule has 14 nitrogen and oxygen atoms in total. The number of carbonyl (C=O) groups is 1. The Hall–Kier alpha value is -4.41. The minimum atomic E-state index is -4.91. The fourth-order valence-electron chi connectivity index (χ4n) is 2.94. The number of nitrogen functional groups attached to an aromatic ring is 2. The molecule has 3 aromatic rings. The van der Waals surface area contributed by atoms with E-state index >= 15 is 0 Å². The van der Waals surface area contributed by atoms with Gasteiger partial charge in [-0.2, -0.15) is 8.42 Å². The molecule has 6 N–H and O–H groups in total. The van der Waals surface area contributed by atoms with Gasteiger partial charge in [-0.15, -0.1) is 20.5 Å². The van der Waals surface area contributed by atoms with Gasteiger partial charge in [-0.05, 0) is 36.4 Å². The van der Waals surface area contributed by atoms with E-state index in [-0.39, 0.29) is 33.2 Å². The van der Waals surface area contributed by atoms with E-state index in [4.69, 9.17) is 11.5 Å². The van der Waals surface area contributed by atoms with E-state index in [0.29, 0.717) is 0 Å². The standard InChI is InChI=1S/C21H20N6O8S2/c1-35-21(29)12-5-3-4-6-13(12)24-26-15-10-17(37(32,33)34)19(23)20(18(15)22)27-25-14-9-11(36(2,30)31)7-8-16(14)28/h3-10,28H,22-23H2,1-2H3,(H,32,33,34). The van der Waals surface area contributed by atoms with Gasteiger partial charge in [-0.1, -0.05) is 12.1 Å². The lowest BCUT2D eigenvalue weighted by Gasteiger charge is -2.11. The Bertz CT molecular complexity index is 1670. The highest BCUT2D eigenvalue weighted by molar-refractivity contribution is 7.90. The monoisotopic (exact) mass is 548 g/mol. The first kappa shape index (κ1) is 27.2. The molecular weight excluding hydrogens is 528 g/mol. The molecule has 0 aromatic heterocycles. The first-order chi connectivity index (χ1) is 17.2. The summed E-state index contributed by atoms with van der Waals surface area (Å²) in [7, 11) is -7.39. The molecule has 3 rings (SSSR count). The van der Waals surface area contributed by atoms with Crippen LogP contribution in [0, 0.1) is 0 Å². The molecule has 0 aliphatic rings. The van der Waals surface area contributed by atoms with Crippen LogP contribution in [0.3, 0.4) is 0 Å². The van der Waals surface area contributed by atoms with Gasteiger partial charge in [-0.25, -0.2) is 13.2 Å². The second kappa shape index (κ2) is 10.3. The maximum Gasteiger partial charge on any atom is 0.340 e. The largest absolute Gasteiger partial charge is 0.506 e. The van der Waals surface area contributed by atoms with Crippen LogP contribution in [0.25, 0.3) is 0 Å². The molecule has 0 atom stereocenters. The maximum atomic E-state index is 12.0. The number of nitrogens with zero attached hydrogens (tertiary/aromatic N) is 4. The summed E-state index contributed by atoms with van der Waals surface area (Å²) in [6.07, 6.45) is 0.946. The van der Waals surface area contributed by atoms with E-state index in [2.05, 4.69) is 25.2 Å². The lowest BCUT2D eigenvalue weighted by atomic mass is 10.2. The smallest absolute Gasteiger partial charge is 0.340 e. The van der Waals surface area contributed by atoms with Gasteiger partial charge < -0.3 is 21.3 Å². The first-order valence-corrected chi connectivity index (χ1v) is 13.3. The van der Waals surface area contributed by atoms with Crippen molar-refractivity contribution in [2.24, 2.45) is 20.5 Å². The molecule has 0 saturated heterocycles. The Morgan fingerprint density at radius 2 is 1.49 bits per heavy atom. The third-order valence-corrected chi connectivity index (χ3v) is 6.81. The molecule has 16 heteroatoms. The Morgan fingerprint density at radius 1 is 0.865 bits per heavy atom. The number of hydrogen-bond acceptors (Lipinski definition) is 13. The van der Waals surface area contributed by atoms with Gasteiger partial charge in [0.2, 0.25) is 0 Å². The number of nitrogens with two attached hydrogens (primary N) is 2. The third kappa shape index (κ3) is 6.05. The van der Waals surface area contributed by atoms with Crippen molar-refractivity contribution in [3.63, 3.8) is 0 Å². The van der Waals surface area contributed by atoms with Crippen molar-refractivity contribution in [2.75, 3.05) is 24.8 Å². The van der Waals surface area contributed by atoms with E-state index in [0.717, 1.165) is 30.5 Å². The van der Waals surface area contributed by atoms with Crippen molar-refractivity contribution in [1.29, 1.82) is 0 Å². The van der Waals surface area contributed by atoms with E-state index in [1.807, 2.05) is 0 Å². The summed E-state index contributed by atoms with van der Waals surface area (Å²) in [5.41, 5.74) is 10.0. The van der Waals surface area contributed by atoms with Crippen molar-refractivity contribution in [1.82, 2.24) is 0 Å². The summed E-state index contributed by atoms with van der Waals surface area (Å²) < 4.78 is 61.8. The summed E-state index contributed by atoms with van der Waals surface area (Å²) in [4.78, 5) is 11.0. The highest BCUT2D eigenvalue weighted by Gasteiger charge is 2.23. The van der Waals surface area contributed by atoms with Crippen molar-refractivity contribution >= 4 is 60.0 Å². The van der Waals surface area contributed by atoms with Crippen LogP contribution in [0.4, 0.5) is 34.1 Å². The van der Waals surface area contributed by atoms with Crippen LogP contribution in [-0.4, -0.2) is 45.8 Å². The quantitative estimate of drug-likeness (QED) is 0.144. The van der Waals surface area contributed by atoms with Crippen molar-refractivity contribution in [3.05, 3.63) is 54.1 Å². The number of phenolic OH excluding ortho intramolecular Hbond substituents is 1. The first-order valence-electron chi connectivity index (χ1n) is 9.97. The Morgan fingerprint density at radius 3 is 2.11 bits per heavy atom. The number of anilines is 2. The molecular formula is C21H20N6O8S2. The van der Waals surface area contributed by atoms with Crippen molar-refractivity contribution < 1.29 is 36.0 Å². The van der Waals surface area contributed by atoms with Gasteiger partial charge in [0.25, 0.3) is 10.1 Å². The maximum absolute atomic E-state index is 12.0. The number of benzene rings is 3. The lowest BCUT2D eigenvalue weighted by Crippen LogP contribution is -2.05. The van der Waals surface area contributed by atoms with Crippen LogP contribution >= 0.6 is 0 Å². The summed E-state index contributed by atoms with van der Waals surface area (Å²) in [5.74, 6) is -1.15. The average molecular weight is 549 g/mol. The van der Waals surface area contributed by atoms with Crippen LogP contribution in [0.5, 0.6) is 5.75 Å². The molecule has 0 spiro atoms. The molecule has 0 unspecified atom stereocenters. The molecule has 0 saturated carbocycles. The second-order valence-electron chi connectivity index (χ2n) is 7.38. The summed E-state index contributed by atoms with van der Waals surface area (Å²) in [6, 6.07) is 10.1. The van der Waals surface area contributed by atoms with E-state index in [1.165, 1.54) is 19.2 Å². The summed E-state index contributed by atoms with van der Waals surface area (Å²) in [5, 5.41) is 25.4. The fourth-order valence-corrected chi connectivity index (χ4v) is 4.21. The van der Waals surface area contributed by atoms with Crippen LogP contribution in [-0.2, 0) is 24.7 Å². The van der Waals surface area contributed by atoms with E-state index in [9.17, 15) is 31.3 Å². The second-order valence-corrected chi connectivity index (χ2v) is 10.8. The number of carbonyl (C=O) groups excluding carboxylic acids is 1. The minimum absolute atomic E-state index is 0.0546. The fraction of sp³-hybridized carbons (Fsp3) is 0.0952. The minimum Gasteiger partial charge on any atom is -0.506 e. The molecule has 0 amide bonds. The van der Waals surface area contributed by atoms with Gasteiger partial charge in [0, 0.05) is 6.26 Å². The van der Waals surface area contributed by atoms with Crippen LogP contribution in [0.2, 0.25) is 0 Å². The number of aromatic hydroxyl groups is 1. The number of hydrogen-bond donors (Lipinski definition) is 4. The zero-order valence-corrected chi connectivity index (χ0v) is 20.9. The van der Waals surface area contributed by atoms with Crippen LogP contribution in [0.1, 0.15) is 10.4 Å². The number of sulfone groups is 1. The van der Waals surface area contributed by atoms with Crippen molar-refractivity contribution in [3.8, 4) is 5.75 Å². The Labute approximate surface area is 211 Å². The molecule has 0 fully saturated rings. The van der Waals surface area contributed by atoms with Crippen molar-refractivity contribution in [2.45, 2.75) is 9.79 Å². The molecule has 3 aromatic carbocycles. The van der Waals surface area contributed by atoms with E-state index in [1.54, 1.807) is 12.1 Å². The molecule has 0 aliphatic carbocycles. The number of rotatable bonds is 7. The number of methoxy groups -OCH3 is 1. The summed E-state index contributed by atoms with van der Waals surface area (Å²) >= 11 is 0. The zero-order valence-electron chi connectivity index (χ0n) is 19.2. The number of azo groups is 2. The molecule has 0 bridgehead atoms. The van der Waals surface area contributed by atoms with Gasteiger partial charge in [-0.3, -0.25) is 4.55 Å². The highest BCUT2D eigenvalue weighted by Crippen LogP contribution is 2.43. The molecule has 37 heavy (non-hydrogen) atoms. The topological polar surface area (TPSA) is 237 Å². The van der Waals surface area contributed by atoms with Crippen LogP contribution < -0.4 is 11.5 Å². The van der Waals surface area contributed by atoms with Gasteiger partial charge in [0.05, 0.1) is 28.9 Å². The van der Waals surface area contributed by atoms with Gasteiger partial charge >= 0.3 is 5.97 Å². The van der Waals surface area contributed by atoms with Crippen LogP contribution in [0.15, 0.2) is 78.8 Å². The Kier molecular flexibility index (Phi) is 7.56. The molecule has 0 aliphatic heterocycles. The normalized spacial score (nSPS) is 12.3. The number of phenols is 1. The lowest BCUT2D eigenvalue weighted by molar-refractivity contribution is 0.0601. The molecule has 194 valence electrons. The third-order valence-electron chi connectivity index (χ3n) is 4.80. The Balaban J connectivity index is 2.18. The predicted octanol–water partition coefficient (Wildman–Crippen LogP) is 3.82. The SMILES string of the molecule is COC(=O)c1ccccc1N=Nc1cc(S(=O)(=O)O)c(N)c(N=Nc2cc(S(C)(=O)=O)ccc2O)c1N. The van der Waals surface area contributed by atoms with Gasteiger partial charge in [0.15, 0.2) is 9.84 Å². The zero-order chi connectivity index (χ0) is 27.5. The van der Waals surface area contributed by atoms with E-state index < -0.39 is 47.9 Å². The molecule has 0 radical (unpaired) electrons. The number of esters is 1. The average Bonchev–Trinajstić information content (AvgIpc) is 2.82. The summed E-state index contributed by atoms with van der Waals surface area (Å²) in [6.45, 7) is 0.